The van der Waals surface area contributed by atoms with E-state index in [1.54, 1.807) is 0 Å². The number of rotatable bonds is 4. The van der Waals surface area contributed by atoms with Crippen molar-refractivity contribution in [3.05, 3.63) is 65.6 Å². The van der Waals surface area contributed by atoms with Crippen molar-refractivity contribution in [2.45, 2.75) is 29.8 Å². The summed E-state index contributed by atoms with van der Waals surface area (Å²) in [6, 6.07) is 6.44. The largest absolute Gasteiger partial charge is 0.420 e. The number of halogens is 5. The van der Waals surface area contributed by atoms with Crippen molar-refractivity contribution in [2.75, 3.05) is 13.1 Å². The molecule has 0 N–H and O–H groups in total. The predicted molar refractivity (Wildman–Crippen MR) is 102 cm³/mol. The van der Waals surface area contributed by atoms with Crippen LogP contribution in [0.25, 0.3) is 11.5 Å². The van der Waals surface area contributed by atoms with E-state index in [9.17, 15) is 30.4 Å². The van der Waals surface area contributed by atoms with E-state index in [4.69, 9.17) is 4.42 Å². The Morgan fingerprint density at radius 3 is 2.41 bits per heavy atom. The Bertz CT molecular complexity index is 1230. The van der Waals surface area contributed by atoms with Gasteiger partial charge in [-0.05, 0) is 49.2 Å². The number of sulfonamides is 1. The molecule has 0 amide bonds. The monoisotopic (exact) mass is 473 g/mol. The SMILES string of the molecule is O=S(=O)(c1ccc(F)cc1F)N1CCCC(c2nnc(-c3ccc(C(F)(F)F)cc3)o2)C1. The minimum Gasteiger partial charge on any atom is -0.420 e. The van der Waals surface area contributed by atoms with Gasteiger partial charge < -0.3 is 4.42 Å². The summed E-state index contributed by atoms with van der Waals surface area (Å²) in [5.74, 6) is -2.44. The van der Waals surface area contributed by atoms with E-state index in [0.717, 1.165) is 28.6 Å². The zero-order valence-corrected chi connectivity index (χ0v) is 17.1. The Kier molecular flexibility index (Phi) is 5.76. The Labute approximate surface area is 179 Å². The lowest BCUT2D eigenvalue weighted by molar-refractivity contribution is -0.137. The number of aromatic nitrogens is 2. The highest BCUT2D eigenvalue weighted by Crippen LogP contribution is 2.33. The van der Waals surface area contributed by atoms with Gasteiger partial charge in [0.2, 0.25) is 21.8 Å². The molecule has 1 atom stereocenters. The minimum absolute atomic E-state index is 0.00159. The van der Waals surface area contributed by atoms with Crippen molar-refractivity contribution >= 4 is 10.0 Å². The maximum absolute atomic E-state index is 14.1. The molecule has 1 fully saturated rings. The number of hydrogen-bond acceptors (Lipinski definition) is 5. The molecule has 1 aliphatic rings. The Morgan fingerprint density at radius 2 is 1.75 bits per heavy atom. The summed E-state index contributed by atoms with van der Waals surface area (Å²) < 4.78 is 97.7. The van der Waals surface area contributed by atoms with Crippen LogP contribution >= 0.6 is 0 Å². The summed E-state index contributed by atoms with van der Waals surface area (Å²) in [5.41, 5.74) is -0.535. The van der Waals surface area contributed by atoms with Crippen LogP contribution in [-0.2, 0) is 16.2 Å². The Balaban J connectivity index is 1.54. The van der Waals surface area contributed by atoms with Crippen LogP contribution in [0.2, 0.25) is 0 Å². The van der Waals surface area contributed by atoms with Crippen LogP contribution in [0.4, 0.5) is 22.0 Å². The van der Waals surface area contributed by atoms with Crippen molar-refractivity contribution in [3.63, 3.8) is 0 Å². The molecule has 1 saturated heterocycles. The zero-order chi connectivity index (χ0) is 23.1. The normalized spacial score (nSPS) is 18.1. The first-order valence-electron chi connectivity index (χ1n) is 9.52. The molecule has 170 valence electrons. The third-order valence-corrected chi connectivity index (χ3v) is 7.04. The van der Waals surface area contributed by atoms with Gasteiger partial charge in [-0.1, -0.05) is 0 Å². The molecule has 0 spiro atoms. The summed E-state index contributed by atoms with van der Waals surface area (Å²) in [6.07, 6.45) is -3.52. The maximum Gasteiger partial charge on any atom is 0.416 e. The summed E-state index contributed by atoms with van der Waals surface area (Å²) in [6.45, 7) is 0.0728. The van der Waals surface area contributed by atoms with Gasteiger partial charge in [-0.25, -0.2) is 17.2 Å². The quantitative estimate of drug-likeness (QED) is 0.518. The van der Waals surface area contributed by atoms with Gasteiger partial charge in [0.25, 0.3) is 0 Å². The van der Waals surface area contributed by atoms with Crippen molar-refractivity contribution in [1.29, 1.82) is 0 Å². The minimum atomic E-state index is -4.47. The molecular formula is C20H16F5N3O3S. The van der Waals surface area contributed by atoms with Gasteiger partial charge in [-0.2, -0.15) is 17.5 Å². The molecule has 6 nitrogen and oxygen atoms in total. The smallest absolute Gasteiger partial charge is 0.416 e. The van der Waals surface area contributed by atoms with E-state index in [2.05, 4.69) is 10.2 Å². The van der Waals surface area contributed by atoms with Crippen molar-refractivity contribution in [2.24, 2.45) is 0 Å². The highest BCUT2D eigenvalue weighted by Gasteiger charge is 2.35. The fourth-order valence-corrected chi connectivity index (χ4v) is 5.07. The van der Waals surface area contributed by atoms with E-state index < -0.39 is 44.2 Å². The first kappa shape index (κ1) is 22.3. The molecule has 1 unspecified atom stereocenters. The molecule has 2 aromatic carbocycles. The Hall–Kier alpha value is -2.86. The van der Waals surface area contributed by atoms with E-state index in [1.807, 2.05) is 0 Å². The maximum atomic E-state index is 14.1. The van der Waals surface area contributed by atoms with Gasteiger partial charge in [0, 0.05) is 24.7 Å². The van der Waals surface area contributed by atoms with Crippen LogP contribution in [0.3, 0.4) is 0 Å². The van der Waals surface area contributed by atoms with Crippen LogP contribution in [0.15, 0.2) is 51.8 Å². The lowest BCUT2D eigenvalue weighted by atomic mass is 10.00. The molecule has 0 radical (unpaired) electrons. The van der Waals surface area contributed by atoms with Crippen LogP contribution in [0.1, 0.15) is 30.2 Å². The molecule has 4 rings (SSSR count). The first-order valence-corrected chi connectivity index (χ1v) is 11.0. The first-order chi connectivity index (χ1) is 15.1. The third kappa shape index (κ3) is 4.37. The molecule has 32 heavy (non-hydrogen) atoms. The van der Waals surface area contributed by atoms with E-state index >= 15 is 0 Å². The summed E-state index contributed by atoms with van der Waals surface area (Å²) in [5, 5.41) is 7.78. The zero-order valence-electron chi connectivity index (χ0n) is 16.3. The average Bonchev–Trinajstić information content (AvgIpc) is 3.23. The molecule has 2 heterocycles. The summed E-state index contributed by atoms with van der Waals surface area (Å²) in [4.78, 5) is -0.629. The van der Waals surface area contributed by atoms with Gasteiger partial charge in [-0.15, -0.1) is 10.2 Å². The highest BCUT2D eigenvalue weighted by molar-refractivity contribution is 7.89. The van der Waals surface area contributed by atoms with Crippen LogP contribution in [0, 0.1) is 11.6 Å². The number of alkyl halides is 3. The lowest BCUT2D eigenvalue weighted by Crippen LogP contribution is -2.39. The summed E-state index contributed by atoms with van der Waals surface area (Å²) >= 11 is 0. The average molecular weight is 473 g/mol. The second-order valence-corrected chi connectivity index (χ2v) is 9.20. The second-order valence-electron chi connectivity index (χ2n) is 7.30. The van der Waals surface area contributed by atoms with Gasteiger partial charge in [-0.3, -0.25) is 0 Å². The fraction of sp³-hybridized carbons (Fsp3) is 0.300. The summed E-state index contributed by atoms with van der Waals surface area (Å²) in [7, 11) is -4.22. The van der Waals surface area contributed by atoms with Gasteiger partial charge >= 0.3 is 6.18 Å². The van der Waals surface area contributed by atoms with Gasteiger partial charge in [0.1, 0.15) is 16.5 Å². The van der Waals surface area contributed by atoms with Crippen molar-refractivity contribution in [3.8, 4) is 11.5 Å². The van der Waals surface area contributed by atoms with Crippen LogP contribution in [-0.4, -0.2) is 36.0 Å². The molecule has 0 aliphatic carbocycles. The van der Waals surface area contributed by atoms with E-state index in [-0.39, 0.29) is 30.4 Å². The molecule has 0 saturated carbocycles. The molecule has 1 aliphatic heterocycles. The van der Waals surface area contributed by atoms with Crippen LogP contribution < -0.4 is 0 Å². The van der Waals surface area contributed by atoms with Crippen molar-refractivity contribution in [1.82, 2.24) is 14.5 Å². The predicted octanol–water partition coefficient (Wildman–Crippen LogP) is 4.60. The van der Waals surface area contributed by atoms with Gasteiger partial charge in [0.15, 0.2) is 0 Å². The number of benzene rings is 2. The molecule has 1 aromatic heterocycles. The number of hydrogen-bond donors (Lipinski definition) is 0. The van der Waals surface area contributed by atoms with Gasteiger partial charge in [0.05, 0.1) is 11.5 Å². The molecule has 0 bridgehead atoms. The Morgan fingerprint density at radius 1 is 1.03 bits per heavy atom. The highest BCUT2D eigenvalue weighted by atomic mass is 32.2. The topological polar surface area (TPSA) is 76.3 Å². The van der Waals surface area contributed by atoms with Crippen LogP contribution in [0.5, 0.6) is 0 Å². The van der Waals surface area contributed by atoms with Crippen molar-refractivity contribution < 1.29 is 34.8 Å². The third-order valence-electron chi connectivity index (χ3n) is 5.14. The second kappa shape index (κ2) is 8.24. The lowest BCUT2D eigenvalue weighted by Gasteiger charge is -2.30. The standard InChI is InChI=1S/C20H16F5N3O3S/c21-15-7-8-17(16(22)10-15)32(29,30)28-9-1-2-13(11-28)19-27-26-18(31-19)12-3-5-14(6-4-12)20(23,24)25/h3-8,10,13H,1-2,9,11H2. The molecule has 3 aromatic rings. The molecule has 12 heteroatoms. The number of nitrogens with zero attached hydrogens (tertiary/aromatic N) is 3. The number of piperidine rings is 1. The van der Waals surface area contributed by atoms with E-state index in [1.165, 1.54) is 12.1 Å². The molecular weight excluding hydrogens is 457 g/mol. The van der Waals surface area contributed by atoms with E-state index in [0.29, 0.717) is 18.9 Å². The fourth-order valence-electron chi connectivity index (χ4n) is 3.50.